The van der Waals surface area contributed by atoms with Gasteiger partial charge in [-0.15, -0.1) is 0 Å². The van der Waals surface area contributed by atoms with E-state index in [0.29, 0.717) is 12.4 Å². The first-order valence-electron chi connectivity index (χ1n) is 7.62. The van der Waals surface area contributed by atoms with Gasteiger partial charge >= 0.3 is 0 Å². The lowest BCUT2D eigenvalue weighted by Crippen LogP contribution is -2.21. The summed E-state index contributed by atoms with van der Waals surface area (Å²) in [6.07, 6.45) is 2.32. The molecule has 0 aliphatic carbocycles. The quantitative estimate of drug-likeness (QED) is 0.777. The summed E-state index contributed by atoms with van der Waals surface area (Å²) in [5.41, 5.74) is 2.86. The van der Waals surface area contributed by atoms with Crippen LogP contribution in [0.25, 0.3) is 10.9 Å². The highest BCUT2D eigenvalue weighted by molar-refractivity contribution is 5.91. The Bertz CT molecular complexity index is 881. The maximum atomic E-state index is 13.9. The summed E-state index contributed by atoms with van der Waals surface area (Å²) >= 11 is 0. The normalized spacial score (nSPS) is 16.7. The maximum Gasteiger partial charge on any atom is 0.165 e. The Morgan fingerprint density at radius 2 is 2.04 bits per heavy atom. The Hall–Kier alpha value is -2.69. The maximum absolute atomic E-state index is 13.9. The van der Waals surface area contributed by atoms with E-state index in [1.165, 1.54) is 6.07 Å². The highest BCUT2D eigenvalue weighted by Gasteiger charge is 2.24. The van der Waals surface area contributed by atoms with Crippen molar-refractivity contribution in [2.24, 2.45) is 0 Å². The summed E-state index contributed by atoms with van der Waals surface area (Å²) in [5.74, 6) is 0.781. The van der Waals surface area contributed by atoms with E-state index < -0.39 is 0 Å². The highest BCUT2D eigenvalue weighted by Crippen LogP contribution is 2.36. The van der Waals surface area contributed by atoms with E-state index in [2.05, 4.69) is 15.3 Å². The van der Waals surface area contributed by atoms with Crippen molar-refractivity contribution >= 4 is 16.7 Å². The topological polar surface area (TPSA) is 47.0 Å². The van der Waals surface area contributed by atoms with Crippen LogP contribution in [0, 0.1) is 12.7 Å². The Morgan fingerprint density at radius 3 is 2.96 bits per heavy atom. The molecule has 0 unspecified atom stereocenters. The van der Waals surface area contributed by atoms with E-state index in [4.69, 9.17) is 4.74 Å². The number of para-hydroxylation sites is 2. The van der Waals surface area contributed by atoms with Crippen LogP contribution in [0.3, 0.4) is 0 Å². The van der Waals surface area contributed by atoms with Gasteiger partial charge in [-0.05, 0) is 24.6 Å². The predicted molar refractivity (Wildman–Crippen MR) is 87.2 cm³/mol. The van der Waals surface area contributed by atoms with Gasteiger partial charge in [0, 0.05) is 17.4 Å². The van der Waals surface area contributed by atoms with Crippen molar-refractivity contribution in [3.05, 3.63) is 59.7 Å². The average Bonchev–Trinajstić information content (AvgIpc) is 2.57. The van der Waals surface area contributed by atoms with Gasteiger partial charge < -0.3 is 10.1 Å². The summed E-state index contributed by atoms with van der Waals surface area (Å²) in [5, 5.41) is 4.41. The average molecular weight is 309 g/mol. The Labute approximate surface area is 133 Å². The van der Waals surface area contributed by atoms with Gasteiger partial charge in [0.2, 0.25) is 0 Å². The molecule has 0 radical (unpaired) electrons. The summed E-state index contributed by atoms with van der Waals surface area (Å²) in [6.45, 7) is 2.51. The molecule has 23 heavy (non-hydrogen) atoms. The van der Waals surface area contributed by atoms with E-state index in [1.807, 2.05) is 31.2 Å². The number of halogens is 1. The lowest BCUT2D eigenvalue weighted by atomic mass is 10.00. The zero-order valence-electron chi connectivity index (χ0n) is 12.7. The minimum atomic E-state index is -0.322. The Morgan fingerprint density at radius 1 is 1.17 bits per heavy atom. The fraction of sp³-hybridized carbons (Fsp3) is 0.222. The first kappa shape index (κ1) is 13.9. The van der Waals surface area contributed by atoms with Crippen LogP contribution in [0.4, 0.5) is 10.2 Å². The molecule has 4 rings (SSSR count). The number of ether oxygens (including phenoxy) is 1. The van der Waals surface area contributed by atoms with Crippen LogP contribution >= 0.6 is 0 Å². The number of anilines is 1. The number of aromatic nitrogens is 2. The fourth-order valence-corrected chi connectivity index (χ4v) is 3.05. The van der Waals surface area contributed by atoms with Crippen molar-refractivity contribution in [3.63, 3.8) is 0 Å². The minimum Gasteiger partial charge on any atom is -0.490 e. The minimum absolute atomic E-state index is 0.0342. The molecule has 0 saturated heterocycles. The van der Waals surface area contributed by atoms with Gasteiger partial charge in [0.25, 0.3) is 0 Å². The van der Waals surface area contributed by atoms with Crippen molar-refractivity contribution < 1.29 is 9.13 Å². The molecule has 0 amide bonds. The van der Waals surface area contributed by atoms with E-state index in [9.17, 15) is 4.39 Å². The third kappa shape index (κ3) is 2.38. The lowest BCUT2D eigenvalue weighted by Gasteiger charge is -2.27. The van der Waals surface area contributed by atoms with Gasteiger partial charge in [0.1, 0.15) is 12.1 Å². The van der Waals surface area contributed by atoms with Gasteiger partial charge in [-0.25, -0.2) is 14.4 Å². The van der Waals surface area contributed by atoms with Crippen LogP contribution in [-0.4, -0.2) is 16.6 Å². The molecule has 1 N–H and O–H groups in total. The summed E-state index contributed by atoms with van der Waals surface area (Å²) in [4.78, 5) is 8.74. The third-order valence-electron chi connectivity index (χ3n) is 4.20. The Balaban J connectivity index is 1.76. The van der Waals surface area contributed by atoms with Crippen LogP contribution in [-0.2, 0) is 0 Å². The second-order valence-corrected chi connectivity index (χ2v) is 5.69. The van der Waals surface area contributed by atoms with Crippen molar-refractivity contribution in [1.82, 2.24) is 9.97 Å². The zero-order valence-corrected chi connectivity index (χ0v) is 12.7. The van der Waals surface area contributed by atoms with E-state index >= 15 is 0 Å². The molecule has 1 aliphatic rings. The van der Waals surface area contributed by atoms with Gasteiger partial charge in [-0.2, -0.15) is 0 Å². The highest BCUT2D eigenvalue weighted by atomic mass is 19.1. The number of nitrogens with one attached hydrogen (secondary N) is 1. The van der Waals surface area contributed by atoms with Gasteiger partial charge in [-0.1, -0.05) is 24.3 Å². The molecule has 5 heteroatoms. The SMILES string of the molecule is Cc1cccc2c(N[C@H]3CCOc4c(F)cccc43)ncnc12. The zero-order chi connectivity index (χ0) is 15.8. The number of rotatable bonds is 2. The van der Waals surface area contributed by atoms with Crippen molar-refractivity contribution in [1.29, 1.82) is 0 Å². The lowest BCUT2D eigenvalue weighted by molar-refractivity contribution is 0.260. The Kier molecular flexibility index (Phi) is 3.33. The molecule has 1 aromatic heterocycles. The van der Waals surface area contributed by atoms with Crippen LogP contribution in [0.15, 0.2) is 42.7 Å². The summed E-state index contributed by atoms with van der Waals surface area (Å²) in [7, 11) is 0. The van der Waals surface area contributed by atoms with Gasteiger partial charge in [0.15, 0.2) is 11.6 Å². The molecular formula is C18H16FN3O. The molecule has 2 heterocycles. The van der Waals surface area contributed by atoms with Crippen molar-refractivity contribution in [2.45, 2.75) is 19.4 Å². The largest absolute Gasteiger partial charge is 0.490 e. The summed E-state index contributed by atoms with van der Waals surface area (Å²) < 4.78 is 19.4. The molecule has 1 atom stereocenters. The van der Waals surface area contributed by atoms with Gasteiger partial charge in [0.05, 0.1) is 18.2 Å². The number of nitrogens with zero attached hydrogens (tertiary/aromatic N) is 2. The molecule has 0 spiro atoms. The van der Waals surface area contributed by atoms with E-state index in [1.54, 1.807) is 12.4 Å². The monoisotopic (exact) mass is 309 g/mol. The first-order valence-corrected chi connectivity index (χ1v) is 7.62. The molecule has 3 aromatic rings. The van der Waals surface area contributed by atoms with E-state index in [0.717, 1.165) is 34.3 Å². The second kappa shape index (κ2) is 5.50. The van der Waals surface area contributed by atoms with Crippen LogP contribution < -0.4 is 10.1 Å². The standard InChI is InChI=1S/C18H16FN3O/c1-11-4-2-6-13-16(11)20-10-21-18(13)22-15-8-9-23-17-12(15)5-3-7-14(17)19/h2-7,10,15H,8-9H2,1H3,(H,20,21,22)/t15-/m0/s1. The second-order valence-electron chi connectivity index (χ2n) is 5.69. The van der Waals surface area contributed by atoms with E-state index in [-0.39, 0.29) is 11.9 Å². The molecular weight excluding hydrogens is 293 g/mol. The molecule has 0 fully saturated rings. The number of hydrogen-bond donors (Lipinski definition) is 1. The van der Waals surface area contributed by atoms with Gasteiger partial charge in [-0.3, -0.25) is 0 Å². The molecule has 116 valence electrons. The fourth-order valence-electron chi connectivity index (χ4n) is 3.05. The third-order valence-corrected chi connectivity index (χ3v) is 4.20. The van der Waals surface area contributed by atoms with Crippen LogP contribution in [0.5, 0.6) is 5.75 Å². The number of aryl methyl sites for hydroxylation is 1. The summed E-state index contributed by atoms with van der Waals surface area (Å²) in [6, 6.07) is 11.0. The smallest absolute Gasteiger partial charge is 0.165 e. The molecule has 0 saturated carbocycles. The molecule has 0 bridgehead atoms. The first-order chi connectivity index (χ1) is 11.2. The number of fused-ring (bicyclic) bond motifs is 2. The predicted octanol–water partition coefficient (Wildman–Crippen LogP) is 4.01. The molecule has 4 nitrogen and oxygen atoms in total. The molecule has 1 aliphatic heterocycles. The number of hydrogen-bond acceptors (Lipinski definition) is 4. The number of benzene rings is 2. The van der Waals surface area contributed by atoms with Crippen molar-refractivity contribution in [2.75, 3.05) is 11.9 Å². The van der Waals surface area contributed by atoms with Crippen LogP contribution in [0.1, 0.15) is 23.6 Å². The van der Waals surface area contributed by atoms with Crippen LogP contribution in [0.2, 0.25) is 0 Å². The molecule has 2 aromatic carbocycles. The van der Waals surface area contributed by atoms with Crippen molar-refractivity contribution in [3.8, 4) is 5.75 Å².